The number of nitrogens with zero attached hydrogens (tertiary/aromatic N) is 1. The summed E-state index contributed by atoms with van der Waals surface area (Å²) < 4.78 is 0. The monoisotopic (exact) mass is 363 g/mol. The summed E-state index contributed by atoms with van der Waals surface area (Å²) in [4.78, 5) is 26.5. The van der Waals surface area contributed by atoms with E-state index in [9.17, 15) is 9.59 Å². The minimum atomic E-state index is -0.0858. The molecule has 5 nitrogen and oxygen atoms in total. The third-order valence-electron chi connectivity index (χ3n) is 4.89. The Hall–Kier alpha value is -1.53. The number of nitrogens with one attached hydrogen (secondary N) is 2. The van der Waals surface area contributed by atoms with Gasteiger partial charge in [0.15, 0.2) is 0 Å². The van der Waals surface area contributed by atoms with E-state index in [0.717, 1.165) is 30.0 Å². The van der Waals surface area contributed by atoms with Gasteiger partial charge in [-0.15, -0.1) is 11.8 Å². The molecular formula is C19H29N3O2S. The molecule has 0 atom stereocenters. The van der Waals surface area contributed by atoms with E-state index in [0.29, 0.717) is 5.75 Å². The summed E-state index contributed by atoms with van der Waals surface area (Å²) in [6.45, 7) is 2.21. The smallest absolute Gasteiger partial charge is 0.230 e. The first-order valence-electron chi connectivity index (χ1n) is 8.86. The van der Waals surface area contributed by atoms with Crippen molar-refractivity contribution in [3.63, 3.8) is 0 Å². The average molecular weight is 364 g/mol. The Kier molecular flexibility index (Phi) is 7.32. The molecule has 0 spiro atoms. The molecule has 25 heavy (non-hydrogen) atoms. The zero-order valence-electron chi connectivity index (χ0n) is 15.4. The van der Waals surface area contributed by atoms with E-state index in [4.69, 9.17) is 0 Å². The van der Waals surface area contributed by atoms with Gasteiger partial charge in [0, 0.05) is 29.6 Å². The predicted octanol–water partition coefficient (Wildman–Crippen LogP) is 3.12. The minimum Gasteiger partial charge on any atom is -0.354 e. The highest BCUT2D eigenvalue weighted by atomic mass is 32.2. The molecule has 2 rings (SSSR count). The van der Waals surface area contributed by atoms with Crippen LogP contribution in [-0.4, -0.2) is 48.6 Å². The van der Waals surface area contributed by atoms with Gasteiger partial charge in [-0.2, -0.15) is 0 Å². The lowest BCUT2D eigenvalue weighted by Gasteiger charge is -2.43. The molecule has 0 radical (unpaired) electrons. The first-order valence-corrected chi connectivity index (χ1v) is 9.84. The van der Waals surface area contributed by atoms with Crippen LogP contribution in [0.1, 0.15) is 39.0 Å². The third-order valence-corrected chi connectivity index (χ3v) is 5.90. The normalized spacial score (nSPS) is 16.5. The van der Waals surface area contributed by atoms with Crippen LogP contribution in [0.25, 0.3) is 0 Å². The van der Waals surface area contributed by atoms with Gasteiger partial charge in [-0.05, 0) is 51.2 Å². The van der Waals surface area contributed by atoms with E-state index >= 15 is 0 Å². The molecule has 2 N–H and O–H groups in total. The number of carbonyl (C=O) groups is 2. The van der Waals surface area contributed by atoms with Crippen LogP contribution in [0.2, 0.25) is 0 Å². The van der Waals surface area contributed by atoms with Gasteiger partial charge in [0.05, 0.1) is 5.75 Å². The number of anilines is 1. The van der Waals surface area contributed by atoms with Gasteiger partial charge in [0.2, 0.25) is 11.8 Å². The number of amides is 2. The Bertz CT molecular complexity index is 581. The van der Waals surface area contributed by atoms with E-state index in [1.165, 1.54) is 37.9 Å². The van der Waals surface area contributed by atoms with Crippen molar-refractivity contribution in [1.82, 2.24) is 10.2 Å². The summed E-state index contributed by atoms with van der Waals surface area (Å²) in [6, 6.07) is 7.55. The van der Waals surface area contributed by atoms with Crippen LogP contribution in [0.4, 0.5) is 5.69 Å². The summed E-state index contributed by atoms with van der Waals surface area (Å²) in [5, 5.41) is 5.86. The quantitative estimate of drug-likeness (QED) is 0.731. The summed E-state index contributed by atoms with van der Waals surface area (Å²) in [5.74, 6) is 0.392. The van der Waals surface area contributed by atoms with Gasteiger partial charge in [0.1, 0.15) is 0 Å². The molecule has 0 saturated heterocycles. The van der Waals surface area contributed by atoms with Gasteiger partial charge < -0.3 is 15.5 Å². The summed E-state index contributed by atoms with van der Waals surface area (Å²) in [7, 11) is 4.23. The molecule has 0 heterocycles. The lowest BCUT2D eigenvalue weighted by atomic mass is 9.80. The Balaban J connectivity index is 1.79. The fourth-order valence-electron chi connectivity index (χ4n) is 3.29. The Morgan fingerprint density at radius 3 is 2.32 bits per heavy atom. The molecule has 1 aromatic carbocycles. The van der Waals surface area contributed by atoms with Crippen molar-refractivity contribution in [1.29, 1.82) is 0 Å². The number of likely N-dealkylation sites (N-methyl/N-ethyl adjacent to an activating group) is 1. The van der Waals surface area contributed by atoms with Crippen molar-refractivity contribution in [2.24, 2.45) is 0 Å². The van der Waals surface area contributed by atoms with Crippen LogP contribution in [0.5, 0.6) is 0 Å². The lowest BCUT2D eigenvalue weighted by molar-refractivity contribution is -0.119. The number of hydrogen-bond donors (Lipinski definition) is 2. The van der Waals surface area contributed by atoms with E-state index in [-0.39, 0.29) is 17.4 Å². The first-order chi connectivity index (χ1) is 11.9. The predicted molar refractivity (Wildman–Crippen MR) is 104 cm³/mol. The van der Waals surface area contributed by atoms with Crippen molar-refractivity contribution in [2.75, 3.05) is 31.7 Å². The maximum Gasteiger partial charge on any atom is 0.230 e. The second-order valence-corrected chi connectivity index (χ2v) is 8.00. The van der Waals surface area contributed by atoms with Crippen LogP contribution in [-0.2, 0) is 9.59 Å². The molecule has 1 fully saturated rings. The van der Waals surface area contributed by atoms with Crippen molar-refractivity contribution >= 4 is 29.3 Å². The maximum absolute atomic E-state index is 12.2. The fraction of sp³-hybridized carbons (Fsp3) is 0.579. The summed E-state index contributed by atoms with van der Waals surface area (Å²) in [6.07, 6.45) is 6.08. The van der Waals surface area contributed by atoms with Crippen molar-refractivity contribution in [2.45, 2.75) is 49.5 Å². The topological polar surface area (TPSA) is 61.4 Å². The van der Waals surface area contributed by atoms with E-state index in [1.807, 2.05) is 24.3 Å². The second-order valence-electron chi connectivity index (χ2n) is 6.95. The van der Waals surface area contributed by atoms with Crippen LogP contribution in [0, 0.1) is 0 Å². The molecule has 1 aliphatic carbocycles. The van der Waals surface area contributed by atoms with Gasteiger partial charge in [-0.3, -0.25) is 9.59 Å². The molecule has 138 valence electrons. The Morgan fingerprint density at radius 1 is 1.12 bits per heavy atom. The Morgan fingerprint density at radius 2 is 1.76 bits per heavy atom. The number of thioether (sulfide) groups is 1. The molecule has 0 unspecified atom stereocenters. The molecule has 6 heteroatoms. The van der Waals surface area contributed by atoms with Gasteiger partial charge in [-0.1, -0.05) is 19.3 Å². The average Bonchev–Trinajstić information content (AvgIpc) is 2.59. The highest BCUT2D eigenvalue weighted by molar-refractivity contribution is 8.00. The van der Waals surface area contributed by atoms with Gasteiger partial charge in [0.25, 0.3) is 0 Å². The summed E-state index contributed by atoms with van der Waals surface area (Å²) in [5.41, 5.74) is 0.880. The SMILES string of the molecule is CC(=O)Nc1ccc(SCC(=O)NCC2(N(C)C)CCCCC2)cc1. The molecule has 1 saturated carbocycles. The second kappa shape index (κ2) is 9.25. The first kappa shape index (κ1) is 19.8. The zero-order valence-corrected chi connectivity index (χ0v) is 16.2. The van der Waals surface area contributed by atoms with E-state index < -0.39 is 0 Å². The molecule has 1 aromatic rings. The van der Waals surface area contributed by atoms with Crippen molar-refractivity contribution in [3.05, 3.63) is 24.3 Å². The maximum atomic E-state index is 12.2. The zero-order chi connectivity index (χ0) is 18.3. The van der Waals surface area contributed by atoms with Crippen molar-refractivity contribution < 1.29 is 9.59 Å². The number of carbonyl (C=O) groups excluding carboxylic acids is 2. The van der Waals surface area contributed by atoms with E-state index in [2.05, 4.69) is 29.6 Å². The number of benzene rings is 1. The number of hydrogen-bond acceptors (Lipinski definition) is 4. The van der Waals surface area contributed by atoms with Crippen LogP contribution < -0.4 is 10.6 Å². The molecule has 1 aliphatic rings. The Labute approximate surface area is 154 Å². The largest absolute Gasteiger partial charge is 0.354 e. The molecular weight excluding hydrogens is 334 g/mol. The highest BCUT2D eigenvalue weighted by Crippen LogP contribution is 2.31. The molecule has 0 bridgehead atoms. The fourth-order valence-corrected chi connectivity index (χ4v) is 4.02. The van der Waals surface area contributed by atoms with Crippen LogP contribution in [0.15, 0.2) is 29.2 Å². The van der Waals surface area contributed by atoms with Gasteiger partial charge >= 0.3 is 0 Å². The van der Waals surface area contributed by atoms with Crippen molar-refractivity contribution in [3.8, 4) is 0 Å². The van der Waals surface area contributed by atoms with Crippen LogP contribution in [0.3, 0.4) is 0 Å². The minimum absolute atomic E-state index is 0.0720. The standard InChI is InChI=1S/C19H29N3O2S/c1-15(23)21-16-7-9-17(10-8-16)25-13-18(24)20-14-19(22(2)3)11-5-4-6-12-19/h7-10H,4-6,11-14H2,1-3H3,(H,20,24)(H,21,23). The third kappa shape index (κ3) is 6.04. The molecule has 0 aromatic heterocycles. The van der Waals surface area contributed by atoms with Gasteiger partial charge in [-0.25, -0.2) is 0 Å². The number of rotatable bonds is 7. The highest BCUT2D eigenvalue weighted by Gasteiger charge is 2.34. The van der Waals surface area contributed by atoms with E-state index in [1.54, 1.807) is 0 Å². The van der Waals surface area contributed by atoms with Crippen LogP contribution >= 0.6 is 11.8 Å². The lowest BCUT2D eigenvalue weighted by Crippen LogP contribution is -2.54. The molecule has 2 amide bonds. The molecule has 0 aliphatic heterocycles. The summed E-state index contributed by atoms with van der Waals surface area (Å²) >= 11 is 1.51.